The van der Waals surface area contributed by atoms with Gasteiger partial charge in [-0.3, -0.25) is 19.7 Å². The van der Waals surface area contributed by atoms with Gasteiger partial charge < -0.3 is 15.3 Å². The molecule has 8 nitrogen and oxygen atoms in total. The number of aromatic amines is 2. The average Bonchev–Trinajstić information content (AvgIpc) is 2.57. The number of nitro groups is 1. The van der Waals surface area contributed by atoms with Crippen molar-refractivity contribution in [1.29, 1.82) is 0 Å². The molecule has 0 unspecified atom stereocenters. The molecule has 0 saturated carbocycles. The van der Waals surface area contributed by atoms with Crippen LogP contribution in [0.5, 0.6) is 0 Å². The zero-order valence-corrected chi connectivity index (χ0v) is 12.5. The molecule has 0 amide bonds. The van der Waals surface area contributed by atoms with Crippen molar-refractivity contribution >= 4 is 16.7 Å². The minimum atomic E-state index is -0.841. The number of H-pyrrole nitrogens is 2. The van der Waals surface area contributed by atoms with Crippen molar-refractivity contribution < 1.29 is 4.92 Å². The van der Waals surface area contributed by atoms with Crippen LogP contribution < -0.4 is 16.4 Å². The van der Waals surface area contributed by atoms with E-state index in [1.165, 1.54) is 12.1 Å². The Bertz CT molecular complexity index is 1010. The third-order valence-electron chi connectivity index (χ3n) is 3.60. The summed E-state index contributed by atoms with van der Waals surface area (Å²) in [5.74, 6) is 0. The predicted molar refractivity (Wildman–Crippen MR) is 88.8 cm³/mol. The first-order valence-electron chi connectivity index (χ1n) is 7.23. The van der Waals surface area contributed by atoms with Crippen LogP contribution in [-0.4, -0.2) is 14.9 Å². The Kier molecular flexibility index (Phi) is 4.21. The molecule has 0 bridgehead atoms. The van der Waals surface area contributed by atoms with Gasteiger partial charge in [0.25, 0.3) is 5.69 Å². The highest BCUT2D eigenvalue weighted by atomic mass is 16.6. The SMILES string of the molecule is O=c1[nH]c2cc([N+](=O)[O-])cc(CNCc3ccccc3)c2[nH]c1=O. The molecule has 24 heavy (non-hydrogen) atoms. The van der Waals surface area contributed by atoms with E-state index >= 15 is 0 Å². The molecule has 8 heteroatoms. The standard InChI is InChI=1S/C16H14N4O4/c21-15-16(22)19-14-11(6-12(20(23)24)7-13(14)18-15)9-17-8-10-4-2-1-3-5-10/h1-7,17H,8-9H2,(H,18,21)(H,19,22). The molecular formula is C16H14N4O4. The van der Waals surface area contributed by atoms with E-state index in [0.29, 0.717) is 24.2 Å². The third kappa shape index (κ3) is 3.23. The summed E-state index contributed by atoms with van der Waals surface area (Å²) >= 11 is 0. The highest BCUT2D eigenvalue weighted by molar-refractivity contribution is 5.80. The number of fused-ring (bicyclic) bond motifs is 1. The second-order valence-corrected chi connectivity index (χ2v) is 5.28. The van der Waals surface area contributed by atoms with Gasteiger partial charge in [-0.2, -0.15) is 0 Å². The van der Waals surface area contributed by atoms with Crippen LogP contribution in [0.3, 0.4) is 0 Å². The number of hydrogen-bond donors (Lipinski definition) is 3. The fourth-order valence-electron chi connectivity index (χ4n) is 2.46. The van der Waals surface area contributed by atoms with E-state index in [2.05, 4.69) is 15.3 Å². The number of aromatic nitrogens is 2. The molecule has 0 spiro atoms. The van der Waals surface area contributed by atoms with Gasteiger partial charge in [-0.1, -0.05) is 30.3 Å². The van der Waals surface area contributed by atoms with Crippen LogP contribution in [0.15, 0.2) is 52.1 Å². The van der Waals surface area contributed by atoms with Gasteiger partial charge in [0.05, 0.1) is 16.0 Å². The van der Waals surface area contributed by atoms with E-state index < -0.39 is 16.0 Å². The fourth-order valence-corrected chi connectivity index (χ4v) is 2.46. The summed E-state index contributed by atoms with van der Waals surface area (Å²) in [7, 11) is 0. The van der Waals surface area contributed by atoms with Gasteiger partial charge >= 0.3 is 11.1 Å². The molecule has 0 fully saturated rings. The first-order chi connectivity index (χ1) is 11.5. The Labute approximate surface area is 135 Å². The van der Waals surface area contributed by atoms with Crippen molar-refractivity contribution in [2.24, 2.45) is 0 Å². The van der Waals surface area contributed by atoms with Crippen molar-refractivity contribution in [3.05, 3.63) is 84.4 Å². The molecule has 3 rings (SSSR count). The lowest BCUT2D eigenvalue weighted by molar-refractivity contribution is -0.384. The number of nitrogens with one attached hydrogen (secondary N) is 3. The maximum Gasteiger partial charge on any atom is 0.314 e. The summed E-state index contributed by atoms with van der Waals surface area (Å²) < 4.78 is 0. The topological polar surface area (TPSA) is 121 Å². The van der Waals surface area contributed by atoms with E-state index in [-0.39, 0.29) is 11.2 Å². The Hall–Kier alpha value is -3.26. The lowest BCUT2D eigenvalue weighted by atomic mass is 10.1. The van der Waals surface area contributed by atoms with E-state index in [0.717, 1.165) is 5.56 Å². The van der Waals surface area contributed by atoms with E-state index in [9.17, 15) is 19.7 Å². The van der Waals surface area contributed by atoms with Gasteiger partial charge in [0.1, 0.15) is 0 Å². The van der Waals surface area contributed by atoms with Crippen LogP contribution in [0.4, 0.5) is 5.69 Å². The molecule has 0 aliphatic carbocycles. The Morgan fingerprint density at radius 3 is 2.42 bits per heavy atom. The number of hydrogen-bond acceptors (Lipinski definition) is 5. The quantitative estimate of drug-likeness (QED) is 0.372. The van der Waals surface area contributed by atoms with Gasteiger partial charge in [0.15, 0.2) is 0 Å². The molecular weight excluding hydrogens is 312 g/mol. The zero-order chi connectivity index (χ0) is 17.1. The second-order valence-electron chi connectivity index (χ2n) is 5.28. The Balaban J connectivity index is 1.95. The first-order valence-corrected chi connectivity index (χ1v) is 7.23. The molecule has 0 saturated heterocycles. The Morgan fingerprint density at radius 2 is 1.71 bits per heavy atom. The van der Waals surface area contributed by atoms with Gasteiger partial charge in [-0.05, 0) is 11.1 Å². The molecule has 1 aromatic heterocycles. The highest BCUT2D eigenvalue weighted by Gasteiger charge is 2.13. The fraction of sp³-hybridized carbons (Fsp3) is 0.125. The number of nitro benzene ring substituents is 1. The van der Waals surface area contributed by atoms with E-state index in [4.69, 9.17) is 0 Å². The lowest BCUT2D eigenvalue weighted by Gasteiger charge is -2.08. The molecule has 2 aromatic carbocycles. The number of non-ortho nitro benzene ring substituents is 1. The summed E-state index contributed by atoms with van der Waals surface area (Å²) in [6.07, 6.45) is 0. The highest BCUT2D eigenvalue weighted by Crippen LogP contribution is 2.21. The normalized spacial score (nSPS) is 10.8. The first kappa shape index (κ1) is 15.6. The minimum Gasteiger partial charge on any atom is -0.316 e. The Morgan fingerprint density at radius 1 is 1.00 bits per heavy atom. The molecule has 0 radical (unpaired) electrons. The number of nitrogens with zero attached hydrogens (tertiary/aromatic N) is 1. The molecule has 0 aliphatic rings. The van der Waals surface area contributed by atoms with Crippen molar-refractivity contribution in [1.82, 2.24) is 15.3 Å². The number of rotatable bonds is 5. The maximum atomic E-state index is 11.5. The van der Waals surface area contributed by atoms with Crippen molar-refractivity contribution in [3.63, 3.8) is 0 Å². The molecule has 122 valence electrons. The minimum absolute atomic E-state index is 0.151. The third-order valence-corrected chi connectivity index (χ3v) is 3.60. The smallest absolute Gasteiger partial charge is 0.314 e. The summed E-state index contributed by atoms with van der Waals surface area (Å²) in [5, 5.41) is 14.2. The molecule has 3 aromatic rings. The lowest BCUT2D eigenvalue weighted by Crippen LogP contribution is -2.29. The molecule has 3 N–H and O–H groups in total. The van der Waals surface area contributed by atoms with Crippen LogP contribution in [0.1, 0.15) is 11.1 Å². The van der Waals surface area contributed by atoms with Crippen molar-refractivity contribution in [2.45, 2.75) is 13.1 Å². The molecule has 1 heterocycles. The summed E-state index contributed by atoms with van der Waals surface area (Å²) in [6, 6.07) is 12.3. The van der Waals surface area contributed by atoms with Crippen LogP contribution >= 0.6 is 0 Å². The average molecular weight is 326 g/mol. The monoisotopic (exact) mass is 326 g/mol. The van der Waals surface area contributed by atoms with Gasteiger partial charge in [0, 0.05) is 25.2 Å². The van der Waals surface area contributed by atoms with Crippen molar-refractivity contribution in [2.75, 3.05) is 0 Å². The van der Waals surface area contributed by atoms with E-state index in [1.807, 2.05) is 30.3 Å². The zero-order valence-electron chi connectivity index (χ0n) is 12.5. The van der Waals surface area contributed by atoms with Crippen LogP contribution in [0.2, 0.25) is 0 Å². The maximum absolute atomic E-state index is 11.5. The van der Waals surface area contributed by atoms with E-state index in [1.54, 1.807) is 0 Å². The summed E-state index contributed by atoms with van der Waals surface area (Å²) in [6.45, 7) is 0.869. The summed E-state index contributed by atoms with van der Waals surface area (Å²) in [4.78, 5) is 38.4. The van der Waals surface area contributed by atoms with Crippen LogP contribution in [0, 0.1) is 10.1 Å². The van der Waals surface area contributed by atoms with Crippen LogP contribution in [-0.2, 0) is 13.1 Å². The van der Waals surface area contributed by atoms with Crippen molar-refractivity contribution in [3.8, 4) is 0 Å². The largest absolute Gasteiger partial charge is 0.316 e. The second kappa shape index (κ2) is 6.47. The van der Waals surface area contributed by atoms with Gasteiger partial charge in [0.2, 0.25) is 0 Å². The molecule has 0 aliphatic heterocycles. The van der Waals surface area contributed by atoms with Gasteiger partial charge in [-0.25, -0.2) is 0 Å². The predicted octanol–water partition coefficient (Wildman–Crippen LogP) is 1.41. The van der Waals surface area contributed by atoms with Crippen LogP contribution in [0.25, 0.3) is 11.0 Å². The molecule has 0 atom stereocenters. The number of benzene rings is 2. The van der Waals surface area contributed by atoms with Gasteiger partial charge in [-0.15, -0.1) is 0 Å². The summed E-state index contributed by atoms with van der Waals surface area (Å²) in [5.41, 5.74) is 0.419.